The molecule has 0 radical (unpaired) electrons. The van der Waals surface area contributed by atoms with Crippen molar-refractivity contribution in [3.8, 4) is 0 Å². The monoisotopic (exact) mass is 1410 g/mol. The third-order valence-corrected chi connectivity index (χ3v) is 31.9. The zero-order chi connectivity index (χ0) is 71.8. The van der Waals surface area contributed by atoms with E-state index in [-0.39, 0.29) is 18.9 Å². The van der Waals surface area contributed by atoms with Crippen LogP contribution in [0.4, 0.5) is 0 Å². The average Bonchev–Trinajstić information content (AvgIpc) is 0.721. The van der Waals surface area contributed by atoms with Gasteiger partial charge in [0.1, 0.15) is 0 Å². The van der Waals surface area contributed by atoms with Gasteiger partial charge in [0.15, 0.2) is 16.1 Å². The maximum absolute atomic E-state index is 4.94. The summed E-state index contributed by atoms with van der Waals surface area (Å²) >= 11 is 0. The van der Waals surface area contributed by atoms with Gasteiger partial charge >= 0.3 is 18.9 Å². The van der Waals surface area contributed by atoms with Gasteiger partial charge in [0.05, 0.1) is 0 Å². The van der Waals surface area contributed by atoms with Crippen LogP contribution in [0, 0.1) is 5.92 Å². The molecule has 21 rings (SSSR count). The predicted molar refractivity (Wildman–Crippen MR) is 471 cm³/mol. The molecule has 20 aromatic carbocycles. The van der Waals surface area contributed by atoms with E-state index in [1.54, 1.807) is 0 Å². The molecule has 1 nitrogen and oxygen atoms in total. The van der Waals surface area contributed by atoms with E-state index in [0.29, 0.717) is 0 Å². The number of ether oxygens (including phenoxy) is 1. The van der Waals surface area contributed by atoms with E-state index in [4.69, 9.17) is 4.74 Å². The second-order valence-electron chi connectivity index (χ2n) is 29.2. The van der Waals surface area contributed by atoms with Crippen molar-refractivity contribution >= 4 is 187 Å². The molecule has 4 heteroatoms. The molecular formula is C104H81LiOSi2. The van der Waals surface area contributed by atoms with Gasteiger partial charge in [-0.3, -0.25) is 0 Å². The zero-order valence-electron chi connectivity index (χ0n) is 61.7. The van der Waals surface area contributed by atoms with Crippen molar-refractivity contribution in [2.75, 3.05) is 13.2 Å². The van der Waals surface area contributed by atoms with E-state index in [1.165, 1.54) is 190 Å². The number of hydrogen-bond acceptors (Lipinski definition) is 1. The van der Waals surface area contributed by atoms with Gasteiger partial charge in [0.2, 0.25) is 0 Å². The number of benzene rings is 20. The Bertz CT molecular complexity index is 5760. The van der Waals surface area contributed by atoms with Crippen LogP contribution >= 0.6 is 0 Å². The van der Waals surface area contributed by atoms with Crippen molar-refractivity contribution in [3.63, 3.8) is 0 Å². The summed E-state index contributed by atoms with van der Waals surface area (Å²) in [6.07, 6.45) is 2.56. The maximum atomic E-state index is 4.94. The maximum Gasteiger partial charge on any atom is 1.00 e. The Morgan fingerprint density at radius 1 is 0.176 bits per heavy atom. The van der Waals surface area contributed by atoms with Crippen LogP contribution in [0.2, 0.25) is 0 Å². The summed E-state index contributed by atoms with van der Waals surface area (Å²) in [5.41, 5.74) is 0. The Morgan fingerprint density at radius 3 is 0.463 bits per heavy atom. The minimum absolute atomic E-state index is 0. The van der Waals surface area contributed by atoms with E-state index in [1.807, 2.05) is 0 Å². The third kappa shape index (κ3) is 12.1. The fourth-order valence-corrected chi connectivity index (χ4v) is 27.4. The largest absolute Gasteiger partial charge is 1.00 e. The molecule has 1 aliphatic heterocycles. The Morgan fingerprint density at radius 2 is 0.315 bits per heavy atom. The summed E-state index contributed by atoms with van der Waals surface area (Å²) in [5.74, 6) is 1.42. The van der Waals surface area contributed by atoms with Gasteiger partial charge in [-0.25, -0.2) is 0 Å². The van der Waals surface area contributed by atoms with E-state index in [2.05, 4.69) is 409 Å². The second kappa shape index (κ2) is 30.0. The van der Waals surface area contributed by atoms with Gasteiger partial charge < -0.3 is 10.7 Å². The molecule has 0 aliphatic carbocycles. The zero-order valence-corrected chi connectivity index (χ0v) is 63.7. The molecule has 0 aromatic heterocycles. The van der Waals surface area contributed by atoms with E-state index < -0.39 is 16.1 Å². The normalized spacial score (nSPS) is 12.4. The third-order valence-electron chi connectivity index (χ3n) is 22.4. The molecule has 1 saturated heterocycles. The molecule has 20 aromatic rings. The minimum atomic E-state index is -2.84. The molecule has 0 atom stereocenters. The predicted octanol–water partition coefficient (Wildman–Crippen LogP) is 19.4. The standard InChI is InChI=1S/2C48H32Si.C4H8O.C4H9.Li/c2*1-3-15-33(16-4-1)49(34-17-5-2-6-18-34,35-27-29-45-41-23-9-7-19-37(41)39-21-11-13-25-43(39)47(45)31-35)36-28-30-46-42-24-10-8-20-38(42)40-22-12-14-26-44(40)48(46)32-36;1-2-4-5-3-1;1-4(2)3;/h2*1-32H;1-4H2;1-3H3;/q;;;-1;+1. The summed E-state index contributed by atoms with van der Waals surface area (Å²) in [6.45, 7) is 8.25. The number of rotatable bonds is 8. The smallest absolute Gasteiger partial charge is 0.381 e. The van der Waals surface area contributed by atoms with Crippen LogP contribution in [0.3, 0.4) is 0 Å². The fourth-order valence-electron chi connectivity index (χ4n) is 17.8. The Hall–Kier alpha value is -11.5. The average molecular weight is 1410 g/mol. The molecule has 0 N–H and O–H groups in total. The van der Waals surface area contributed by atoms with Crippen LogP contribution in [0.15, 0.2) is 388 Å². The van der Waals surface area contributed by atoms with Gasteiger partial charge in [-0.1, -0.05) is 388 Å². The van der Waals surface area contributed by atoms with Crippen molar-refractivity contribution in [1.29, 1.82) is 0 Å². The Balaban J connectivity index is 0.000000141. The van der Waals surface area contributed by atoms with Crippen LogP contribution in [0.25, 0.3) is 129 Å². The van der Waals surface area contributed by atoms with Crippen LogP contribution in [-0.4, -0.2) is 29.4 Å². The summed E-state index contributed by atoms with van der Waals surface area (Å²) < 4.78 is 4.94. The molecule has 1 aliphatic rings. The summed E-state index contributed by atoms with van der Waals surface area (Å²) in [6, 6.07) is 146. The molecule has 0 saturated carbocycles. The summed E-state index contributed by atoms with van der Waals surface area (Å²) in [5, 5.41) is 42.4. The quantitative estimate of drug-likeness (QED) is 0.0638. The molecule has 0 amide bonds. The van der Waals surface area contributed by atoms with Gasteiger partial charge in [0.25, 0.3) is 0 Å². The second-order valence-corrected chi connectivity index (χ2v) is 36.8. The van der Waals surface area contributed by atoms with E-state index >= 15 is 0 Å². The van der Waals surface area contributed by atoms with Gasteiger partial charge in [-0.05, 0) is 184 Å². The molecule has 0 bridgehead atoms. The molecule has 0 unspecified atom stereocenters. The van der Waals surface area contributed by atoms with E-state index in [9.17, 15) is 0 Å². The first-order chi connectivity index (χ1) is 52.9. The van der Waals surface area contributed by atoms with Crippen LogP contribution < -0.4 is 60.4 Å². The number of fused-ring (bicyclic) bond motifs is 24. The summed E-state index contributed by atoms with van der Waals surface area (Å²) in [7, 11) is -5.69. The SMILES string of the molecule is C1CCOC1.C[C-](C)C.[Li+].c1ccc([Si](c2ccccc2)(c2ccc3c4ccccc4c4ccccc4c3c2)c2ccc3c4ccccc4c4ccccc4c3c2)cc1.c1ccc([Si](c2ccccc2)(c2ccc3c4ccccc4c4ccccc4c3c2)c2ccc3c4ccccc4c4ccccc4c3c2)cc1. The molecular weight excluding hydrogens is 1330 g/mol. The van der Waals surface area contributed by atoms with Gasteiger partial charge in [-0.2, -0.15) is 20.8 Å². The van der Waals surface area contributed by atoms with Crippen molar-refractivity contribution < 1.29 is 23.6 Å². The van der Waals surface area contributed by atoms with Crippen LogP contribution in [-0.2, 0) is 4.74 Å². The molecule has 108 heavy (non-hydrogen) atoms. The van der Waals surface area contributed by atoms with Gasteiger partial charge in [-0.15, -0.1) is 0 Å². The molecule has 1 heterocycles. The Labute approximate surface area is 646 Å². The number of hydrogen-bond donors (Lipinski definition) is 0. The fraction of sp³-hybridized carbons (Fsp3) is 0.0673. The summed E-state index contributed by atoms with van der Waals surface area (Å²) in [4.78, 5) is 0. The van der Waals surface area contributed by atoms with Crippen LogP contribution in [0.5, 0.6) is 0 Å². The van der Waals surface area contributed by atoms with Crippen molar-refractivity contribution in [3.05, 3.63) is 394 Å². The topological polar surface area (TPSA) is 9.23 Å². The van der Waals surface area contributed by atoms with Crippen LogP contribution in [0.1, 0.15) is 33.6 Å². The first-order valence-corrected chi connectivity index (χ1v) is 41.8. The van der Waals surface area contributed by atoms with E-state index in [0.717, 1.165) is 13.2 Å². The van der Waals surface area contributed by atoms with Crippen molar-refractivity contribution in [2.24, 2.45) is 0 Å². The first-order valence-electron chi connectivity index (χ1n) is 37.8. The van der Waals surface area contributed by atoms with Crippen molar-refractivity contribution in [2.45, 2.75) is 33.6 Å². The molecule has 0 spiro atoms. The van der Waals surface area contributed by atoms with Gasteiger partial charge in [0, 0.05) is 13.2 Å². The van der Waals surface area contributed by atoms with Crippen molar-refractivity contribution in [1.82, 2.24) is 0 Å². The Kier molecular flexibility index (Phi) is 19.3. The first kappa shape index (κ1) is 69.5. The minimum Gasteiger partial charge on any atom is -0.381 e. The molecule has 512 valence electrons. The molecule has 1 fully saturated rings.